The fraction of sp³-hybridized carbons (Fsp3) is 0.350. The molecule has 29 heavy (non-hydrogen) atoms. The van der Waals surface area contributed by atoms with Crippen molar-refractivity contribution in [1.82, 2.24) is 0 Å². The Bertz CT molecular complexity index is 898. The molecule has 1 aromatic heterocycles. The second-order valence-electron chi connectivity index (χ2n) is 5.93. The molecule has 8 nitrogen and oxygen atoms in total. The summed E-state index contributed by atoms with van der Waals surface area (Å²) in [4.78, 5) is 37.6. The van der Waals surface area contributed by atoms with Crippen molar-refractivity contribution < 1.29 is 33.3 Å². The molecule has 0 aliphatic rings. The minimum Gasteiger partial charge on any atom is -0.497 e. The van der Waals surface area contributed by atoms with Crippen LogP contribution in [0.2, 0.25) is 0 Å². The van der Waals surface area contributed by atoms with Gasteiger partial charge in [-0.3, -0.25) is 4.79 Å². The number of anilines is 1. The quantitative estimate of drug-likeness (QED) is 0.652. The summed E-state index contributed by atoms with van der Waals surface area (Å²) in [7, 11) is 2.92. The molecule has 0 saturated heterocycles. The third-order valence-electron chi connectivity index (χ3n) is 4.04. The fourth-order valence-corrected chi connectivity index (χ4v) is 3.53. The van der Waals surface area contributed by atoms with Crippen molar-refractivity contribution in [3.8, 4) is 11.5 Å². The van der Waals surface area contributed by atoms with Gasteiger partial charge in [0.1, 0.15) is 16.5 Å². The summed E-state index contributed by atoms with van der Waals surface area (Å²) >= 11 is 1.26. The second-order valence-corrected chi connectivity index (χ2v) is 7.16. The van der Waals surface area contributed by atoms with E-state index >= 15 is 0 Å². The van der Waals surface area contributed by atoms with Crippen LogP contribution in [0.15, 0.2) is 18.2 Å². The summed E-state index contributed by atoms with van der Waals surface area (Å²) in [5, 5.41) is 2.98. The molecular formula is C20H23NO7S. The molecule has 1 N–H and O–H groups in total. The van der Waals surface area contributed by atoms with E-state index in [-0.39, 0.29) is 12.2 Å². The van der Waals surface area contributed by atoms with E-state index in [0.29, 0.717) is 22.1 Å². The largest absolute Gasteiger partial charge is 0.497 e. The van der Waals surface area contributed by atoms with E-state index in [0.717, 1.165) is 10.4 Å². The standard InChI is InChI=1S/C20H23NO7S/c1-6-27-20(24)17-11(2)12(3)29-18(17)21-16(22)10-28-19(23)13-7-14(25-4)9-15(8-13)26-5/h7-9H,6,10H2,1-5H3,(H,21,22). The number of rotatable bonds is 8. The van der Waals surface area contributed by atoms with Gasteiger partial charge in [-0.25, -0.2) is 9.59 Å². The lowest BCUT2D eigenvalue weighted by Gasteiger charge is -2.09. The first-order chi connectivity index (χ1) is 13.8. The first kappa shape index (κ1) is 22.2. The van der Waals surface area contributed by atoms with Crippen molar-refractivity contribution in [3.63, 3.8) is 0 Å². The molecule has 1 heterocycles. The van der Waals surface area contributed by atoms with Gasteiger partial charge in [0.25, 0.3) is 5.91 Å². The monoisotopic (exact) mass is 421 g/mol. The number of ether oxygens (including phenoxy) is 4. The molecule has 0 spiro atoms. The van der Waals surface area contributed by atoms with Crippen molar-refractivity contribution in [2.24, 2.45) is 0 Å². The van der Waals surface area contributed by atoms with E-state index in [4.69, 9.17) is 18.9 Å². The molecule has 2 rings (SSSR count). The van der Waals surface area contributed by atoms with Crippen LogP contribution in [0.4, 0.5) is 5.00 Å². The Morgan fingerprint density at radius 1 is 0.966 bits per heavy atom. The Hall–Kier alpha value is -3.07. The van der Waals surface area contributed by atoms with E-state index in [1.54, 1.807) is 19.9 Å². The van der Waals surface area contributed by atoms with Gasteiger partial charge in [-0.15, -0.1) is 11.3 Å². The molecule has 0 bridgehead atoms. The van der Waals surface area contributed by atoms with Gasteiger partial charge >= 0.3 is 11.9 Å². The highest BCUT2D eigenvalue weighted by Crippen LogP contribution is 2.33. The lowest BCUT2D eigenvalue weighted by molar-refractivity contribution is -0.119. The molecule has 0 unspecified atom stereocenters. The number of hydrogen-bond acceptors (Lipinski definition) is 8. The molecule has 0 aliphatic heterocycles. The number of aryl methyl sites for hydroxylation is 1. The van der Waals surface area contributed by atoms with E-state index in [9.17, 15) is 14.4 Å². The zero-order valence-corrected chi connectivity index (χ0v) is 17.7. The Morgan fingerprint density at radius 3 is 2.14 bits per heavy atom. The predicted octanol–water partition coefficient (Wildman–Crippen LogP) is 3.35. The summed E-state index contributed by atoms with van der Waals surface area (Å²) in [5.74, 6) is -0.944. The van der Waals surface area contributed by atoms with Crippen molar-refractivity contribution in [2.75, 3.05) is 32.8 Å². The molecule has 0 radical (unpaired) electrons. The molecule has 0 aliphatic carbocycles. The Morgan fingerprint density at radius 2 is 1.59 bits per heavy atom. The zero-order chi connectivity index (χ0) is 21.6. The fourth-order valence-electron chi connectivity index (χ4n) is 2.47. The number of benzene rings is 1. The normalized spacial score (nSPS) is 10.2. The molecule has 2 aromatic rings. The van der Waals surface area contributed by atoms with Crippen LogP contribution in [0.3, 0.4) is 0 Å². The third-order valence-corrected chi connectivity index (χ3v) is 5.16. The SMILES string of the molecule is CCOC(=O)c1c(NC(=O)COC(=O)c2cc(OC)cc(OC)c2)sc(C)c1C. The second kappa shape index (κ2) is 9.92. The first-order valence-corrected chi connectivity index (χ1v) is 9.59. The molecule has 156 valence electrons. The van der Waals surface area contributed by atoms with Gasteiger partial charge in [0, 0.05) is 10.9 Å². The lowest BCUT2D eigenvalue weighted by Crippen LogP contribution is -2.21. The van der Waals surface area contributed by atoms with Gasteiger partial charge in [0.2, 0.25) is 0 Å². The zero-order valence-electron chi connectivity index (χ0n) is 16.9. The van der Waals surface area contributed by atoms with E-state index in [1.165, 1.54) is 37.7 Å². The molecule has 0 atom stereocenters. The van der Waals surface area contributed by atoms with Crippen LogP contribution in [0.25, 0.3) is 0 Å². The summed E-state index contributed by atoms with van der Waals surface area (Å²) in [5.41, 5.74) is 1.24. The van der Waals surface area contributed by atoms with Gasteiger partial charge in [0.15, 0.2) is 6.61 Å². The molecule has 1 aromatic carbocycles. The number of hydrogen-bond donors (Lipinski definition) is 1. The Kier molecular flexibility index (Phi) is 7.60. The number of esters is 2. The maximum Gasteiger partial charge on any atom is 0.341 e. The van der Waals surface area contributed by atoms with E-state index in [1.807, 2.05) is 6.92 Å². The number of methoxy groups -OCH3 is 2. The maximum absolute atomic E-state index is 12.3. The van der Waals surface area contributed by atoms with Crippen molar-refractivity contribution >= 4 is 34.2 Å². The number of nitrogens with one attached hydrogen (secondary N) is 1. The maximum atomic E-state index is 12.3. The van der Waals surface area contributed by atoms with Crippen LogP contribution >= 0.6 is 11.3 Å². The summed E-state index contributed by atoms with van der Waals surface area (Å²) in [6, 6.07) is 4.57. The van der Waals surface area contributed by atoms with E-state index < -0.39 is 24.5 Å². The van der Waals surface area contributed by atoms with Crippen LogP contribution in [0, 0.1) is 13.8 Å². The van der Waals surface area contributed by atoms with Gasteiger partial charge in [-0.05, 0) is 38.5 Å². The first-order valence-electron chi connectivity index (χ1n) is 8.77. The van der Waals surface area contributed by atoms with Gasteiger partial charge in [-0.2, -0.15) is 0 Å². The highest BCUT2D eigenvalue weighted by Gasteiger charge is 2.22. The molecule has 1 amide bonds. The summed E-state index contributed by atoms with van der Waals surface area (Å²) in [6.07, 6.45) is 0. The van der Waals surface area contributed by atoms with Crippen LogP contribution in [-0.4, -0.2) is 45.3 Å². The van der Waals surface area contributed by atoms with Crippen molar-refractivity contribution in [2.45, 2.75) is 20.8 Å². The number of thiophene rings is 1. The number of carbonyl (C=O) groups is 3. The van der Waals surface area contributed by atoms with Crippen molar-refractivity contribution in [1.29, 1.82) is 0 Å². The van der Waals surface area contributed by atoms with Crippen LogP contribution < -0.4 is 14.8 Å². The molecular weight excluding hydrogens is 398 g/mol. The van der Waals surface area contributed by atoms with Crippen LogP contribution in [0.1, 0.15) is 38.1 Å². The van der Waals surface area contributed by atoms with Gasteiger partial charge in [0.05, 0.1) is 32.0 Å². The number of carbonyl (C=O) groups excluding carboxylic acids is 3. The Labute approximate surface area is 172 Å². The predicted molar refractivity (Wildman–Crippen MR) is 108 cm³/mol. The van der Waals surface area contributed by atoms with Crippen molar-refractivity contribution in [3.05, 3.63) is 39.8 Å². The minimum atomic E-state index is -0.707. The highest BCUT2D eigenvalue weighted by molar-refractivity contribution is 7.16. The lowest BCUT2D eigenvalue weighted by atomic mass is 10.1. The minimum absolute atomic E-state index is 0.184. The summed E-state index contributed by atoms with van der Waals surface area (Å²) < 4.78 is 20.3. The molecule has 0 saturated carbocycles. The third kappa shape index (κ3) is 5.47. The summed E-state index contributed by atoms with van der Waals surface area (Å²) in [6.45, 7) is 5.04. The van der Waals surface area contributed by atoms with Gasteiger partial charge < -0.3 is 24.3 Å². The number of amides is 1. The average Bonchev–Trinajstić information content (AvgIpc) is 2.98. The Balaban J connectivity index is 2.06. The average molecular weight is 421 g/mol. The van der Waals surface area contributed by atoms with Crippen LogP contribution in [-0.2, 0) is 14.3 Å². The van der Waals surface area contributed by atoms with Crippen LogP contribution in [0.5, 0.6) is 11.5 Å². The molecule has 9 heteroatoms. The molecule has 0 fully saturated rings. The smallest absolute Gasteiger partial charge is 0.341 e. The van der Waals surface area contributed by atoms with Gasteiger partial charge in [-0.1, -0.05) is 0 Å². The highest BCUT2D eigenvalue weighted by atomic mass is 32.1. The topological polar surface area (TPSA) is 100 Å². The van der Waals surface area contributed by atoms with E-state index in [2.05, 4.69) is 5.32 Å².